The van der Waals surface area contributed by atoms with Crippen molar-refractivity contribution >= 4 is 12.1 Å². The molecule has 0 heterocycles. The molecule has 5 heteroatoms. The second-order valence-electron chi connectivity index (χ2n) is 7.00. The molecule has 1 saturated carbocycles. The average Bonchev–Trinajstić information content (AvgIpc) is 2.60. The second-order valence-corrected chi connectivity index (χ2v) is 7.00. The maximum absolute atomic E-state index is 12.2. The number of alkyl carbamates (subject to hydrolysis) is 1. The van der Waals surface area contributed by atoms with Gasteiger partial charge >= 0.3 is 12.1 Å². The van der Waals surface area contributed by atoms with E-state index in [-0.39, 0.29) is 30.6 Å². The lowest BCUT2D eigenvalue weighted by atomic mass is 9.86. The SMILES string of the molecule is CCC(CC(=O)OCc1ccccc1)NC(=O)OC1(C)CCCCC1. The van der Waals surface area contributed by atoms with Crippen molar-refractivity contribution in [1.82, 2.24) is 5.32 Å². The number of esters is 1. The quantitative estimate of drug-likeness (QED) is 0.745. The Morgan fingerprint density at radius 2 is 1.84 bits per heavy atom. The molecule has 1 unspecified atom stereocenters. The monoisotopic (exact) mass is 347 g/mol. The minimum absolute atomic E-state index is 0.148. The summed E-state index contributed by atoms with van der Waals surface area (Å²) in [6.45, 7) is 4.16. The zero-order chi connectivity index (χ0) is 18.1. The van der Waals surface area contributed by atoms with Gasteiger partial charge in [0.25, 0.3) is 0 Å². The van der Waals surface area contributed by atoms with Crippen LogP contribution in [0.3, 0.4) is 0 Å². The molecule has 1 fully saturated rings. The van der Waals surface area contributed by atoms with Crippen molar-refractivity contribution in [3.63, 3.8) is 0 Å². The van der Waals surface area contributed by atoms with Gasteiger partial charge in [-0.25, -0.2) is 4.79 Å². The van der Waals surface area contributed by atoms with Crippen molar-refractivity contribution in [3.8, 4) is 0 Å². The zero-order valence-corrected chi connectivity index (χ0v) is 15.3. The van der Waals surface area contributed by atoms with Crippen LogP contribution in [0, 0.1) is 0 Å². The van der Waals surface area contributed by atoms with Crippen molar-refractivity contribution < 1.29 is 19.1 Å². The number of ether oxygens (including phenoxy) is 2. The van der Waals surface area contributed by atoms with Crippen molar-refractivity contribution in [3.05, 3.63) is 35.9 Å². The van der Waals surface area contributed by atoms with Crippen LogP contribution in [-0.2, 0) is 20.9 Å². The Balaban J connectivity index is 1.75. The number of carbonyl (C=O) groups excluding carboxylic acids is 2. The van der Waals surface area contributed by atoms with Crippen LogP contribution in [0.15, 0.2) is 30.3 Å². The fraction of sp³-hybridized carbons (Fsp3) is 0.600. The van der Waals surface area contributed by atoms with E-state index >= 15 is 0 Å². The molecule has 1 amide bonds. The smallest absolute Gasteiger partial charge is 0.407 e. The summed E-state index contributed by atoms with van der Waals surface area (Å²) in [5.74, 6) is -0.320. The lowest BCUT2D eigenvalue weighted by molar-refractivity contribution is -0.145. The maximum Gasteiger partial charge on any atom is 0.407 e. The highest BCUT2D eigenvalue weighted by atomic mass is 16.6. The number of hydrogen-bond donors (Lipinski definition) is 1. The summed E-state index contributed by atoms with van der Waals surface area (Å²) in [5.41, 5.74) is 0.565. The van der Waals surface area contributed by atoms with E-state index in [9.17, 15) is 9.59 Å². The van der Waals surface area contributed by atoms with Crippen LogP contribution in [0.2, 0.25) is 0 Å². The van der Waals surface area contributed by atoms with Gasteiger partial charge in [-0.1, -0.05) is 43.7 Å². The first-order chi connectivity index (χ1) is 12.0. The molecule has 1 aliphatic rings. The minimum Gasteiger partial charge on any atom is -0.461 e. The molecule has 0 radical (unpaired) electrons. The van der Waals surface area contributed by atoms with E-state index in [1.165, 1.54) is 6.42 Å². The Morgan fingerprint density at radius 3 is 2.48 bits per heavy atom. The fourth-order valence-corrected chi connectivity index (χ4v) is 3.12. The van der Waals surface area contributed by atoms with Crippen molar-refractivity contribution in [2.75, 3.05) is 0 Å². The van der Waals surface area contributed by atoms with E-state index in [2.05, 4.69) is 5.32 Å². The highest BCUT2D eigenvalue weighted by molar-refractivity contribution is 5.73. The summed E-state index contributed by atoms with van der Waals surface area (Å²) in [7, 11) is 0. The van der Waals surface area contributed by atoms with Gasteiger partial charge in [-0.05, 0) is 44.6 Å². The van der Waals surface area contributed by atoms with E-state index < -0.39 is 6.09 Å². The summed E-state index contributed by atoms with van der Waals surface area (Å²) in [5, 5.41) is 2.81. The van der Waals surface area contributed by atoms with Gasteiger partial charge in [0.2, 0.25) is 0 Å². The van der Waals surface area contributed by atoms with Crippen molar-refractivity contribution in [2.45, 2.75) is 77.0 Å². The van der Waals surface area contributed by atoms with E-state index in [1.54, 1.807) is 0 Å². The molecule has 5 nitrogen and oxygen atoms in total. The number of amides is 1. The Bertz CT molecular complexity index is 552. The van der Waals surface area contributed by atoms with E-state index in [1.807, 2.05) is 44.2 Å². The van der Waals surface area contributed by atoms with Crippen LogP contribution in [0.25, 0.3) is 0 Å². The highest BCUT2D eigenvalue weighted by Crippen LogP contribution is 2.31. The van der Waals surface area contributed by atoms with E-state index in [4.69, 9.17) is 9.47 Å². The predicted octanol–water partition coefficient (Wildman–Crippen LogP) is 4.35. The molecule has 0 spiro atoms. The Hall–Kier alpha value is -2.04. The summed E-state index contributed by atoms with van der Waals surface area (Å²) >= 11 is 0. The lowest BCUT2D eigenvalue weighted by Crippen LogP contribution is -2.42. The van der Waals surface area contributed by atoms with E-state index in [0.717, 1.165) is 31.2 Å². The molecule has 2 rings (SSSR count). The zero-order valence-electron chi connectivity index (χ0n) is 15.3. The van der Waals surface area contributed by atoms with Gasteiger partial charge in [-0.2, -0.15) is 0 Å². The molecule has 1 aliphatic carbocycles. The number of carbonyl (C=O) groups is 2. The highest BCUT2D eigenvalue weighted by Gasteiger charge is 2.31. The lowest BCUT2D eigenvalue weighted by Gasteiger charge is -2.33. The number of rotatable bonds is 7. The van der Waals surface area contributed by atoms with Crippen LogP contribution in [-0.4, -0.2) is 23.7 Å². The number of hydrogen-bond acceptors (Lipinski definition) is 4. The molecular weight excluding hydrogens is 318 g/mol. The summed E-state index contributed by atoms with van der Waals surface area (Å²) in [6, 6.07) is 9.27. The summed E-state index contributed by atoms with van der Waals surface area (Å²) in [4.78, 5) is 24.2. The van der Waals surface area contributed by atoms with Gasteiger partial charge in [0.1, 0.15) is 12.2 Å². The first-order valence-corrected chi connectivity index (χ1v) is 9.20. The first kappa shape index (κ1) is 19.3. The van der Waals surface area contributed by atoms with Gasteiger partial charge in [-0.3, -0.25) is 4.79 Å². The normalized spacial score (nSPS) is 17.4. The fourth-order valence-electron chi connectivity index (χ4n) is 3.12. The van der Waals surface area contributed by atoms with Crippen LogP contribution in [0.4, 0.5) is 4.79 Å². The molecule has 1 atom stereocenters. The Morgan fingerprint density at radius 1 is 1.16 bits per heavy atom. The minimum atomic E-state index is -0.438. The third-order valence-corrected chi connectivity index (χ3v) is 4.72. The van der Waals surface area contributed by atoms with E-state index in [0.29, 0.717) is 6.42 Å². The maximum atomic E-state index is 12.2. The van der Waals surface area contributed by atoms with Crippen LogP contribution < -0.4 is 5.32 Å². The van der Waals surface area contributed by atoms with Gasteiger partial charge in [0.05, 0.1) is 6.42 Å². The molecule has 1 aromatic carbocycles. The molecule has 138 valence electrons. The molecule has 0 aliphatic heterocycles. The Labute approximate surface area is 150 Å². The summed E-state index contributed by atoms with van der Waals surface area (Å²) < 4.78 is 10.9. The molecular formula is C20H29NO4. The van der Waals surface area contributed by atoms with Crippen LogP contribution in [0.1, 0.15) is 64.4 Å². The molecule has 0 saturated heterocycles. The van der Waals surface area contributed by atoms with Gasteiger partial charge in [0.15, 0.2) is 0 Å². The summed E-state index contributed by atoms with van der Waals surface area (Å²) in [6.07, 6.45) is 5.53. The first-order valence-electron chi connectivity index (χ1n) is 9.20. The average molecular weight is 347 g/mol. The third kappa shape index (κ3) is 6.77. The largest absolute Gasteiger partial charge is 0.461 e. The second kappa shape index (κ2) is 9.44. The van der Waals surface area contributed by atoms with Crippen LogP contribution in [0.5, 0.6) is 0 Å². The van der Waals surface area contributed by atoms with Crippen LogP contribution >= 0.6 is 0 Å². The predicted molar refractivity (Wildman–Crippen MR) is 96.0 cm³/mol. The topological polar surface area (TPSA) is 64.6 Å². The Kier molecular flexibility index (Phi) is 7.29. The van der Waals surface area contributed by atoms with Gasteiger partial charge < -0.3 is 14.8 Å². The number of benzene rings is 1. The van der Waals surface area contributed by atoms with Gasteiger partial charge in [-0.15, -0.1) is 0 Å². The van der Waals surface area contributed by atoms with Crippen molar-refractivity contribution in [1.29, 1.82) is 0 Å². The molecule has 25 heavy (non-hydrogen) atoms. The third-order valence-electron chi connectivity index (χ3n) is 4.72. The molecule has 0 bridgehead atoms. The molecule has 0 aromatic heterocycles. The standard InChI is InChI=1S/C20H29NO4/c1-3-17(14-18(22)24-15-16-10-6-4-7-11-16)21-19(23)25-20(2)12-8-5-9-13-20/h4,6-7,10-11,17H,3,5,8-9,12-15H2,1-2H3,(H,21,23). The molecule has 1 N–H and O–H groups in total. The molecule has 1 aromatic rings. The van der Waals surface area contributed by atoms with Crippen molar-refractivity contribution in [2.24, 2.45) is 0 Å². The number of nitrogens with one attached hydrogen (secondary N) is 1. The van der Waals surface area contributed by atoms with Gasteiger partial charge in [0, 0.05) is 6.04 Å².